The quantitative estimate of drug-likeness (QED) is 0.0171. The van der Waals surface area contributed by atoms with Crippen LogP contribution >= 0.6 is 15.9 Å². The fraction of sp³-hybridized carbons (Fsp3) is 0.551. The van der Waals surface area contributed by atoms with Gasteiger partial charge in [-0.3, -0.25) is 0 Å². The molecule has 13 nitrogen and oxygen atoms in total. The van der Waals surface area contributed by atoms with E-state index >= 15 is 0 Å². The zero-order chi connectivity index (χ0) is 79.3. The Morgan fingerprint density at radius 2 is 0.768 bits per heavy atom. The lowest BCUT2D eigenvalue weighted by molar-refractivity contribution is -0.0767. The lowest BCUT2D eigenvalue weighted by atomic mass is 9.80. The van der Waals surface area contributed by atoms with E-state index in [2.05, 4.69) is 217 Å². The molecule has 0 bridgehead atoms. The van der Waals surface area contributed by atoms with Crippen LogP contribution in [-0.4, -0.2) is 144 Å². The third kappa shape index (κ3) is 21.2. The highest BCUT2D eigenvalue weighted by atomic mass is 79.9. The zero-order valence-electron chi connectivity index (χ0n) is 68.8. The Kier molecular flexibility index (Phi) is 32.7. The van der Waals surface area contributed by atoms with Crippen LogP contribution in [0.4, 0.5) is 0 Å². The fourth-order valence-electron chi connectivity index (χ4n) is 18.6. The number of aliphatic hydroxyl groups excluding tert-OH is 1. The van der Waals surface area contributed by atoms with Crippen molar-refractivity contribution in [3.8, 4) is 11.5 Å². The van der Waals surface area contributed by atoms with Crippen LogP contribution in [-0.2, 0) is 58.6 Å². The Morgan fingerprint density at radius 3 is 1.10 bits per heavy atom. The molecule has 6 unspecified atom stereocenters. The van der Waals surface area contributed by atoms with Crippen molar-refractivity contribution in [2.45, 2.75) is 254 Å². The van der Waals surface area contributed by atoms with E-state index in [1.54, 1.807) is 21.3 Å². The van der Waals surface area contributed by atoms with E-state index in [9.17, 15) is 5.11 Å². The van der Waals surface area contributed by atoms with Gasteiger partial charge in [0, 0.05) is 57.4 Å². The molecule has 608 valence electrons. The second-order valence-corrected chi connectivity index (χ2v) is 33.7. The first-order valence-corrected chi connectivity index (χ1v) is 43.2. The topological polar surface area (TPSA) is 131 Å². The Balaban J connectivity index is 0.000000221. The first kappa shape index (κ1) is 86.8. The number of halogens is 1. The number of ether oxygens (including phenoxy) is 12. The fourth-order valence-corrected chi connectivity index (χ4v) is 19.4. The molecule has 0 saturated carbocycles. The number of hydrogen-bond donors (Lipinski definition) is 1. The maximum absolute atomic E-state index is 10.4. The van der Waals surface area contributed by atoms with Gasteiger partial charge in [-0.1, -0.05) is 242 Å². The third-order valence-electron chi connectivity index (χ3n) is 25.6. The van der Waals surface area contributed by atoms with Gasteiger partial charge in [-0.05, 0) is 194 Å². The molecular weight excluding hydrogens is 1460 g/mol. The predicted octanol–water partition coefficient (Wildman–Crippen LogP) is 21.1. The molecule has 12 rings (SSSR count). The Labute approximate surface area is 680 Å². The van der Waals surface area contributed by atoms with E-state index in [0.29, 0.717) is 43.3 Å². The van der Waals surface area contributed by atoms with Crippen LogP contribution in [0.5, 0.6) is 11.5 Å². The van der Waals surface area contributed by atoms with Crippen molar-refractivity contribution in [2.24, 2.45) is 35.5 Å². The molecule has 0 aliphatic carbocycles. The number of rotatable bonds is 38. The van der Waals surface area contributed by atoms with E-state index in [0.717, 1.165) is 165 Å². The smallest absolute Gasteiger partial charge is 0.143 e. The van der Waals surface area contributed by atoms with Crippen LogP contribution in [0.1, 0.15) is 190 Å². The van der Waals surface area contributed by atoms with Gasteiger partial charge in [-0.15, -0.1) is 0 Å². The Bertz CT molecular complexity index is 3490. The SMILES string of the molecule is C=C1CC(CCCOC(c2ccccc2)(c2ccccc2)c2ccc(OC)cc2)O[C@H]1CCC1C[C@@H](C)C(=C)[C@@H](CC2O[C@H](C[C@H](C)CC)[C@H](OC)[C@H]2CBr)O1.C=C1CC(CCCOC(c2ccccc2)(c2ccccc2)c2ccc(OC)cc2)O[C@H]1CCC1C[C@@H](C)C(=C)[C@@H](CC2O[C@H](C[C@H](C)CC)[C@H](OC)[C@H]2CO)O1. The van der Waals surface area contributed by atoms with Crippen molar-refractivity contribution in [1.29, 1.82) is 0 Å². The van der Waals surface area contributed by atoms with Gasteiger partial charge in [0.2, 0.25) is 0 Å². The molecule has 1 N–H and O–H groups in total. The maximum Gasteiger partial charge on any atom is 0.143 e. The molecule has 6 aromatic carbocycles. The van der Waals surface area contributed by atoms with Gasteiger partial charge in [-0.25, -0.2) is 0 Å². The van der Waals surface area contributed by atoms with Gasteiger partial charge in [0.1, 0.15) is 22.7 Å². The monoisotopic (exact) mass is 1590 g/mol. The first-order valence-electron chi connectivity index (χ1n) is 42.1. The summed E-state index contributed by atoms with van der Waals surface area (Å²) in [5.41, 5.74) is 9.61. The minimum Gasteiger partial charge on any atom is -0.497 e. The van der Waals surface area contributed by atoms with Crippen LogP contribution in [0.3, 0.4) is 0 Å². The summed E-state index contributed by atoms with van der Waals surface area (Å²) < 4.78 is 77.4. The summed E-state index contributed by atoms with van der Waals surface area (Å²) in [6.45, 7) is 32.7. The summed E-state index contributed by atoms with van der Waals surface area (Å²) in [6.07, 6.45) is 17.0. The number of methoxy groups -OCH3 is 4. The largest absolute Gasteiger partial charge is 0.497 e. The summed E-state index contributed by atoms with van der Waals surface area (Å²) in [7, 11) is 6.95. The number of benzene rings is 6. The van der Waals surface area contributed by atoms with Crippen LogP contribution in [0.2, 0.25) is 0 Å². The van der Waals surface area contributed by atoms with Crippen molar-refractivity contribution < 1.29 is 61.9 Å². The molecule has 6 heterocycles. The van der Waals surface area contributed by atoms with Crippen molar-refractivity contribution in [3.05, 3.63) is 252 Å². The van der Waals surface area contributed by atoms with Crippen molar-refractivity contribution in [3.63, 3.8) is 0 Å². The Morgan fingerprint density at radius 1 is 0.429 bits per heavy atom. The predicted molar refractivity (Wildman–Crippen MR) is 453 cm³/mol. The molecule has 20 atom stereocenters. The van der Waals surface area contributed by atoms with Crippen LogP contribution in [0, 0.1) is 35.5 Å². The molecule has 6 fully saturated rings. The number of aliphatic hydroxyl groups is 1. The van der Waals surface area contributed by atoms with Gasteiger partial charge >= 0.3 is 0 Å². The molecule has 0 radical (unpaired) electrons. The summed E-state index contributed by atoms with van der Waals surface area (Å²) in [4.78, 5) is 0. The average Bonchev–Trinajstić information content (AvgIpc) is 1.03. The highest BCUT2D eigenvalue weighted by Gasteiger charge is 2.49. The molecular formula is C98H131BrO13. The molecule has 6 saturated heterocycles. The second kappa shape index (κ2) is 42.2. The van der Waals surface area contributed by atoms with Crippen molar-refractivity contribution in [2.75, 3.05) is 53.6 Å². The van der Waals surface area contributed by atoms with Gasteiger partial charge < -0.3 is 61.9 Å². The summed E-state index contributed by atoms with van der Waals surface area (Å²) in [5, 5.41) is 11.3. The van der Waals surface area contributed by atoms with Gasteiger partial charge in [0.25, 0.3) is 0 Å². The summed E-state index contributed by atoms with van der Waals surface area (Å²) in [6, 6.07) is 58.5. The normalized spacial score (nSPS) is 28.8. The van der Waals surface area contributed by atoms with E-state index in [-0.39, 0.29) is 104 Å². The van der Waals surface area contributed by atoms with Crippen molar-refractivity contribution in [1.82, 2.24) is 0 Å². The molecule has 112 heavy (non-hydrogen) atoms. The third-order valence-corrected chi connectivity index (χ3v) is 26.3. The van der Waals surface area contributed by atoms with E-state index in [4.69, 9.17) is 56.8 Å². The van der Waals surface area contributed by atoms with Crippen molar-refractivity contribution >= 4 is 15.9 Å². The highest BCUT2D eigenvalue weighted by molar-refractivity contribution is 9.09. The molecule has 6 aliphatic heterocycles. The minimum absolute atomic E-state index is 0.0176. The average molecular weight is 1600 g/mol. The molecule has 6 aliphatic rings. The lowest BCUT2D eigenvalue weighted by Crippen LogP contribution is -2.39. The molecule has 0 aromatic heterocycles. The highest BCUT2D eigenvalue weighted by Crippen LogP contribution is 2.47. The van der Waals surface area contributed by atoms with Crippen LogP contribution in [0.15, 0.2) is 218 Å². The molecule has 0 spiro atoms. The van der Waals surface area contributed by atoms with E-state index in [1.807, 2.05) is 43.5 Å². The van der Waals surface area contributed by atoms with E-state index < -0.39 is 11.2 Å². The van der Waals surface area contributed by atoms with Crippen LogP contribution < -0.4 is 9.47 Å². The van der Waals surface area contributed by atoms with Crippen LogP contribution in [0.25, 0.3) is 0 Å². The second-order valence-electron chi connectivity index (χ2n) is 33.0. The van der Waals surface area contributed by atoms with Gasteiger partial charge in [-0.2, -0.15) is 0 Å². The molecule has 6 aromatic rings. The minimum atomic E-state index is -0.776. The Hall–Kier alpha value is -6.08. The maximum atomic E-state index is 10.4. The summed E-state index contributed by atoms with van der Waals surface area (Å²) >= 11 is 3.79. The molecule has 0 amide bonds. The van der Waals surface area contributed by atoms with Gasteiger partial charge in [0.05, 0.1) is 106 Å². The standard InChI is InChI=1S/C49H65BrO6.C49H66O7/c2*1-8-33(2)28-47-48(52-7)43(32-50)46(56-47)31-45-36(5)34(3)29-42(55-45)25-26-44-35(4)30-41(54-44)20-15-27-53-49(37-16-11-9-12-17-37,38-18-13-10-14-19-38)39-21-23-40(51-6)24-22-39/h9-14,16-19,21-24,33-34,41-48H,4-5,8,15,20,25-32H2,1-3,6-7H3;9-14,16-19,21-24,33-34,41-48,50H,4-5,8,15,20,25-32H2,1-3,6-7H3/t2*33-,34-,41?,42?,43+,44+,45-,46?,47-,48-/m11/s1. The summed E-state index contributed by atoms with van der Waals surface area (Å²) in [5.74, 6) is 3.72. The first-order chi connectivity index (χ1) is 54.4. The zero-order valence-corrected chi connectivity index (χ0v) is 70.4. The molecule has 14 heteroatoms. The number of alkyl halides is 1. The van der Waals surface area contributed by atoms with E-state index in [1.165, 1.54) is 16.7 Å². The number of hydrogen-bond acceptors (Lipinski definition) is 13. The van der Waals surface area contributed by atoms with Gasteiger partial charge in [0.15, 0.2) is 0 Å². The lowest BCUT2D eigenvalue weighted by Gasteiger charge is -2.38.